The molecule has 1 aliphatic rings. The zero-order valence-electron chi connectivity index (χ0n) is 21.6. The van der Waals surface area contributed by atoms with Crippen molar-refractivity contribution in [3.05, 3.63) is 114 Å². The minimum atomic E-state index is -1.03. The summed E-state index contributed by atoms with van der Waals surface area (Å²) in [6, 6.07) is 26.2. The predicted octanol–water partition coefficient (Wildman–Crippen LogP) is 5.27. The molecular formula is C30H25FN6O3S. The molecule has 9 nitrogen and oxygen atoms in total. The van der Waals surface area contributed by atoms with Gasteiger partial charge in [0, 0.05) is 17.1 Å². The fourth-order valence-electron chi connectivity index (χ4n) is 4.89. The molecule has 206 valence electrons. The Morgan fingerprint density at radius 1 is 0.927 bits per heavy atom. The van der Waals surface area contributed by atoms with Crippen molar-refractivity contribution in [2.45, 2.75) is 23.7 Å². The molecule has 4 aromatic carbocycles. The number of fused-ring (bicyclic) bond motifs is 1. The highest BCUT2D eigenvalue weighted by Crippen LogP contribution is 2.35. The maximum Gasteiger partial charge on any atom is 0.335 e. The van der Waals surface area contributed by atoms with Gasteiger partial charge in [-0.05, 0) is 59.8 Å². The van der Waals surface area contributed by atoms with E-state index in [1.54, 1.807) is 24.3 Å². The third-order valence-corrected chi connectivity index (χ3v) is 7.83. The van der Waals surface area contributed by atoms with E-state index in [1.807, 2.05) is 47.0 Å². The number of nitrogens with one attached hydrogen (secondary N) is 3. The largest absolute Gasteiger partial charge is 0.478 e. The Hall–Kier alpha value is -4.58. The number of anilines is 1. The predicted molar refractivity (Wildman–Crippen MR) is 154 cm³/mol. The molecule has 1 aromatic heterocycles. The number of halogens is 1. The van der Waals surface area contributed by atoms with Crippen molar-refractivity contribution in [3.63, 3.8) is 0 Å². The molecule has 2 atom stereocenters. The lowest BCUT2D eigenvalue weighted by molar-refractivity contribution is -0.113. The average molecular weight is 569 g/mol. The first-order chi connectivity index (χ1) is 20.0. The number of rotatable bonds is 8. The zero-order chi connectivity index (χ0) is 28.3. The van der Waals surface area contributed by atoms with Crippen molar-refractivity contribution in [2.75, 3.05) is 11.1 Å². The smallest absolute Gasteiger partial charge is 0.335 e. The Morgan fingerprint density at radius 2 is 1.66 bits per heavy atom. The van der Waals surface area contributed by atoms with Gasteiger partial charge >= 0.3 is 5.97 Å². The third-order valence-electron chi connectivity index (χ3n) is 6.90. The lowest BCUT2D eigenvalue weighted by Gasteiger charge is -2.16. The van der Waals surface area contributed by atoms with Gasteiger partial charge in [0.25, 0.3) is 0 Å². The van der Waals surface area contributed by atoms with Gasteiger partial charge in [0.05, 0.1) is 23.0 Å². The molecule has 1 aliphatic heterocycles. The van der Waals surface area contributed by atoms with Gasteiger partial charge in [-0.3, -0.25) is 9.36 Å². The van der Waals surface area contributed by atoms with Gasteiger partial charge in [0.2, 0.25) is 5.91 Å². The molecule has 6 rings (SSSR count). The van der Waals surface area contributed by atoms with Crippen molar-refractivity contribution in [1.82, 2.24) is 25.6 Å². The summed E-state index contributed by atoms with van der Waals surface area (Å²) in [5, 5.41) is 23.5. The van der Waals surface area contributed by atoms with Crippen LogP contribution in [-0.2, 0) is 4.79 Å². The van der Waals surface area contributed by atoms with E-state index in [-0.39, 0.29) is 35.1 Å². The van der Waals surface area contributed by atoms with Crippen molar-refractivity contribution in [1.29, 1.82) is 0 Å². The number of hydrogen-bond donors (Lipinski definition) is 4. The summed E-state index contributed by atoms with van der Waals surface area (Å²) in [4.78, 5) is 23.9. The minimum absolute atomic E-state index is 0.0485. The number of amides is 1. The Morgan fingerprint density at radius 3 is 2.44 bits per heavy atom. The number of nitrogens with zero attached hydrogens (tertiary/aromatic N) is 3. The molecule has 0 radical (unpaired) electrons. The van der Waals surface area contributed by atoms with Crippen molar-refractivity contribution in [2.24, 2.45) is 0 Å². The van der Waals surface area contributed by atoms with Crippen LogP contribution in [-0.4, -0.2) is 37.5 Å². The Balaban J connectivity index is 1.27. The number of carboxylic acids is 1. The highest BCUT2D eigenvalue weighted by Gasteiger charge is 2.32. The van der Waals surface area contributed by atoms with E-state index in [2.05, 4.69) is 26.4 Å². The molecular weight excluding hydrogens is 543 g/mol. The van der Waals surface area contributed by atoms with E-state index in [1.165, 1.54) is 36.0 Å². The summed E-state index contributed by atoms with van der Waals surface area (Å²) in [7, 11) is 0. The first-order valence-electron chi connectivity index (χ1n) is 12.9. The molecule has 2 heterocycles. The molecule has 2 unspecified atom stereocenters. The van der Waals surface area contributed by atoms with Crippen molar-refractivity contribution >= 4 is 40.1 Å². The molecule has 11 heteroatoms. The number of carbonyl (C=O) groups is 2. The number of thioether (sulfide) groups is 1. The normalized spacial score (nSPS) is 16.6. The summed E-state index contributed by atoms with van der Waals surface area (Å²) < 4.78 is 15.5. The van der Waals surface area contributed by atoms with Crippen LogP contribution in [0.5, 0.6) is 0 Å². The standard InChI is InChI=1S/C30H25FN6O3S/c31-21-12-8-19(9-13-21)24-16-25(34-33-24)28-35-36-30(37(28)26-7-3-5-18-4-1-2-6-23(18)26)41-17-27(38)32-22-14-10-20(11-15-22)29(39)40/h1-15,24-25,33-34H,16-17H2,(H,32,38)(H,39,40). The van der Waals surface area contributed by atoms with Crippen LogP contribution in [0.1, 0.15) is 40.3 Å². The number of hydrogen-bond acceptors (Lipinski definition) is 7. The molecule has 0 bridgehead atoms. The summed E-state index contributed by atoms with van der Waals surface area (Å²) >= 11 is 1.26. The highest BCUT2D eigenvalue weighted by molar-refractivity contribution is 7.99. The number of hydrazine groups is 1. The second kappa shape index (κ2) is 11.5. The van der Waals surface area contributed by atoms with E-state index in [0.717, 1.165) is 22.0 Å². The van der Waals surface area contributed by atoms with Crippen LogP contribution in [0.2, 0.25) is 0 Å². The van der Waals surface area contributed by atoms with Crippen LogP contribution in [0.4, 0.5) is 10.1 Å². The maximum atomic E-state index is 13.5. The monoisotopic (exact) mass is 568 g/mol. The summed E-state index contributed by atoms with van der Waals surface area (Å²) in [6.45, 7) is 0. The topological polar surface area (TPSA) is 121 Å². The fraction of sp³-hybridized carbons (Fsp3) is 0.133. The van der Waals surface area contributed by atoms with Crippen LogP contribution in [0.15, 0.2) is 96.2 Å². The number of benzene rings is 4. The Labute approximate surface area is 238 Å². The molecule has 41 heavy (non-hydrogen) atoms. The summed E-state index contributed by atoms with van der Waals surface area (Å²) in [5.74, 6) is -0.819. The summed E-state index contributed by atoms with van der Waals surface area (Å²) in [6.07, 6.45) is 0.659. The van der Waals surface area contributed by atoms with Crippen LogP contribution in [0, 0.1) is 5.82 Å². The fourth-order valence-corrected chi connectivity index (χ4v) is 5.64. The molecule has 5 aromatic rings. The van der Waals surface area contributed by atoms with Gasteiger partial charge in [-0.25, -0.2) is 20.0 Å². The average Bonchev–Trinajstić information content (AvgIpc) is 3.64. The molecule has 1 fully saturated rings. The van der Waals surface area contributed by atoms with Gasteiger partial charge < -0.3 is 10.4 Å². The molecule has 0 spiro atoms. The van der Waals surface area contributed by atoms with Crippen LogP contribution in [0.3, 0.4) is 0 Å². The number of carbonyl (C=O) groups excluding carboxylic acids is 1. The first-order valence-corrected chi connectivity index (χ1v) is 13.9. The van der Waals surface area contributed by atoms with Crippen LogP contribution in [0.25, 0.3) is 16.5 Å². The van der Waals surface area contributed by atoms with Crippen molar-refractivity contribution < 1.29 is 19.1 Å². The van der Waals surface area contributed by atoms with Gasteiger partial charge in [0.15, 0.2) is 11.0 Å². The van der Waals surface area contributed by atoms with Gasteiger partial charge in [-0.1, -0.05) is 60.3 Å². The lowest BCUT2D eigenvalue weighted by atomic mass is 10.0. The molecule has 0 aliphatic carbocycles. The van der Waals surface area contributed by atoms with E-state index >= 15 is 0 Å². The molecule has 1 amide bonds. The number of aromatic nitrogens is 3. The second-order valence-electron chi connectivity index (χ2n) is 9.57. The summed E-state index contributed by atoms with van der Waals surface area (Å²) in [5.41, 5.74) is 9.11. The van der Waals surface area contributed by atoms with Crippen LogP contribution < -0.4 is 16.2 Å². The van der Waals surface area contributed by atoms with Gasteiger partial charge in [0.1, 0.15) is 5.82 Å². The van der Waals surface area contributed by atoms with Crippen molar-refractivity contribution in [3.8, 4) is 5.69 Å². The number of aromatic carboxylic acids is 1. The molecule has 4 N–H and O–H groups in total. The van der Waals surface area contributed by atoms with Crippen LogP contribution >= 0.6 is 11.8 Å². The van der Waals surface area contributed by atoms with E-state index < -0.39 is 5.97 Å². The maximum absolute atomic E-state index is 13.5. The SMILES string of the molecule is O=C(CSc1nnc(C2CC(c3ccc(F)cc3)NN2)n1-c1cccc2ccccc12)Nc1ccc(C(=O)O)cc1. The zero-order valence-corrected chi connectivity index (χ0v) is 22.4. The van der Waals surface area contributed by atoms with E-state index in [9.17, 15) is 14.0 Å². The van der Waals surface area contributed by atoms with Gasteiger partial charge in [-0.15, -0.1) is 10.2 Å². The lowest BCUT2D eigenvalue weighted by Crippen LogP contribution is -2.28. The minimum Gasteiger partial charge on any atom is -0.478 e. The third kappa shape index (κ3) is 5.68. The van der Waals surface area contributed by atoms with E-state index in [4.69, 9.17) is 5.11 Å². The molecule has 0 saturated carbocycles. The quantitative estimate of drug-likeness (QED) is 0.187. The molecule has 1 saturated heterocycles. The first kappa shape index (κ1) is 26.6. The highest BCUT2D eigenvalue weighted by atomic mass is 32.2. The number of carboxylic acid groups (broad SMARTS) is 1. The second-order valence-corrected chi connectivity index (χ2v) is 10.5. The van der Waals surface area contributed by atoms with E-state index in [0.29, 0.717) is 23.1 Å². The van der Waals surface area contributed by atoms with Gasteiger partial charge in [-0.2, -0.15) is 0 Å². The Kier molecular flexibility index (Phi) is 7.47. The Bertz CT molecular complexity index is 1720.